The zero-order valence-corrected chi connectivity index (χ0v) is 7.44. The Labute approximate surface area is 84.2 Å². The standard InChI is InChI=1S/C2H6N3.2CH4.CH3.Y/c1-5-2(3)4;;;;/h1H3,(H3-,3,4,5);2*1H4;1H3;/q-1;;;-1;. The number of hydrogen-bond acceptors (Lipinski definition) is 1. The molecule has 0 saturated heterocycles. The van der Waals surface area contributed by atoms with Crippen LogP contribution >= 0.6 is 0 Å². The molecule has 0 spiro atoms. The van der Waals surface area contributed by atoms with Gasteiger partial charge in [-0.1, -0.05) is 14.9 Å². The molecule has 0 amide bonds. The van der Waals surface area contributed by atoms with Gasteiger partial charge in [-0.05, 0) is 13.0 Å². The summed E-state index contributed by atoms with van der Waals surface area (Å²) in [4.78, 5) is 3.25. The van der Waals surface area contributed by atoms with Gasteiger partial charge in [-0.2, -0.15) is 0 Å². The number of rotatable bonds is 0. The van der Waals surface area contributed by atoms with Gasteiger partial charge in [0.1, 0.15) is 0 Å². The molecule has 3 nitrogen and oxygen atoms in total. The van der Waals surface area contributed by atoms with Gasteiger partial charge in [0.2, 0.25) is 0 Å². The molecule has 0 saturated carbocycles. The van der Waals surface area contributed by atoms with E-state index < -0.39 is 0 Å². The average Bonchev–Trinajstić information content (AvgIpc) is 1.38. The van der Waals surface area contributed by atoms with Crippen LogP contribution in [-0.4, -0.2) is 13.0 Å². The number of nitrogens with two attached hydrogens (primary N) is 1. The van der Waals surface area contributed by atoms with Crippen LogP contribution in [0, 0.1) is 7.43 Å². The fourth-order valence-electron chi connectivity index (χ4n) is 0. The first kappa shape index (κ1) is 34.4. The molecule has 0 aliphatic carbocycles. The molecule has 0 unspecified atom stereocenters. The summed E-state index contributed by atoms with van der Waals surface area (Å²) in [6, 6.07) is 0. The fourth-order valence-corrected chi connectivity index (χ4v) is 0. The molecule has 0 aromatic carbocycles. The van der Waals surface area contributed by atoms with Crippen molar-refractivity contribution >= 4 is 5.96 Å². The van der Waals surface area contributed by atoms with E-state index in [4.69, 9.17) is 11.5 Å². The van der Waals surface area contributed by atoms with Crippen LogP contribution in [0.25, 0.3) is 5.73 Å². The minimum atomic E-state index is -0.120. The minimum Gasteiger partial charge on any atom is -0.454 e. The van der Waals surface area contributed by atoms with Crippen LogP contribution in [-0.2, 0) is 32.7 Å². The number of nitrogens with zero attached hydrogens (tertiary/aromatic N) is 1. The second-order valence-corrected chi connectivity index (χ2v) is 0.609. The van der Waals surface area contributed by atoms with Crippen molar-refractivity contribution in [2.75, 3.05) is 7.05 Å². The van der Waals surface area contributed by atoms with Gasteiger partial charge in [0, 0.05) is 32.7 Å². The van der Waals surface area contributed by atoms with E-state index >= 15 is 0 Å². The van der Waals surface area contributed by atoms with Crippen molar-refractivity contribution < 1.29 is 32.7 Å². The first-order chi connectivity index (χ1) is 2.27. The number of nitrogens with one attached hydrogen (secondary N) is 1. The van der Waals surface area contributed by atoms with E-state index in [9.17, 15) is 0 Å². The Balaban J connectivity index is -0.0000000133. The van der Waals surface area contributed by atoms with E-state index in [0.29, 0.717) is 0 Å². The summed E-state index contributed by atoms with van der Waals surface area (Å²) in [5, 5.41) is 0. The van der Waals surface area contributed by atoms with E-state index in [1.165, 1.54) is 7.05 Å². The molecule has 9 heavy (non-hydrogen) atoms. The van der Waals surface area contributed by atoms with Crippen molar-refractivity contribution in [2.24, 2.45) is 10.7 Å². The summed E-state index contributed by atoms with van der Waals surface area (Å²) < 4.78 is 0. The summed E-state index contributed by atoms with van der Waals surface area (Å²) in [6.07, 6.45) is 0. The van der Waals surface area contributed by atoms with Gasteiger partial charge in [0.05, 0.1) is 0 Å². The van der Waals surface area contributed by atoms with E-state index in [2.05, 4.69) is 4.99 Å². The molecule has 0 aromatic rings. The molecule has 0 fully saturated rings. The molecular weight excluding hydrogens is 191 g/mol. The zero-order chi connectivity index (χ0) is 4.28. The molecular formula is C5H17N3Y-2. The van der Waals surface area contributed by atoms with Crippen LogP contribution in [0.15, 0.2) is 4.99 Å². The molecule has 0 heterocycles. The van der Waals surface area contributed by atoms with Crippen LogP contribution in [0.4, 0.5) is 0 Å². The molecule has 0 aromatic heterocycles. The fraction of sp³-hybridized carbons (Fsp3) is 0.600. The predicted molar refractivity (Wildman–Crippen MR) is 41.7 cm³/mol. The molecule has 3 N–H and O–H groups in total. The molecule has 0 atom stereocenters. The van der Waals surface area contributed by atoms with Gasteiger partial charge < -0.3 is 23.9 Å². The molecule has 0 bridgehead atoms. The Morgan fingerprint density at radius 1 is 1.44 bits per heavy atom. The van der Waals surface area contributed by atoms with Gasteiger partial charge in [-0.25, -0.2) is 0 Å². The van der Waals surface area contributed by atoms with E-state index in [1.807, 2.05) is 0 Å². The van der Waals surface area contributed by atoms with Crippen molar-refractivity contribution in [3.05, 3.63) is 13.2 Å². The molecule has 0 aliphatic heterocycles. The predicted octanol–water partition coefficient (Wildman–Crippen LogP) is 1.70. The monoisotopic (exact) mass is 208 g/mol. The second-order valence-electron chi connectivity index (χ2n) is 0.609. The van der Waals surface area contributed by atoms with Crippen LogP contribution in [0.3, 0.4) is 0 Å². The first-order valence-electron chi connectivity index (χ1n) is 1.21. The van der Waals surface area contributed by atoms with Crippen molar-refractivity contribution in [3.63, 3.8) is 0 Å². The van der Waals surface area contributed by atoms with Gasteiger partial charge in [0.25, 0.3) is 0 Å². The Morgan fingerprint density at radius 2 is 1.56 bits per heavy atom. The maximum atomic E-state index is 6.35. The van der Waals surface area contributed by atoms with Gasteiger partial charge in [0.15, 0.2) is 0 Å². The van der Waals surface area contributed by atoms with Gasteiger partial charge in [-0.3, -0.25) is 0 Å². The first-order valence-corrected chi connectivity index (χ1v) is 1.21. The van der Waals surface area contributed by atoms with Crippen molar-refractivity contribution in [1.82, 2.24) is 0 Å². The maximum Gasteiger partial charge on any atom is 0 e. The third kappa shape index (κ3) is 60.4. The van der Waals surface area contributed by atoms with Crippen molar-refractivity contribution in [2.45, 2.75) is 14.9 Å². The van der Waals surface area contributed by atoms with E-state index in [-0.39, 0.29) is 60.9 Å². The Morgan fingerprint density at radius 3 is 1.56 bits per heavy atom. The van der Waals surface area contributed by atoms with Gasteiger partial charge >= 0.3 is 0 Å². The number of hydrogen-bond donors (Lipinski definition) is 1. The van der Waals surface area contributed by atoms with Crippen molar-refractivity contribution in [1.29, 1.82) is 0 Å². The Bertz CT molecular complexity index is 50.2. The SMILES string of the molecule is C.C.CN=C([NH-])N.[CH3-].[Y]. The van der Waals surface area contributed by atoms with E-state index in [0.717, 1.165) is 0 Å². The summed E-state index contributed by atoms with van der Waals surface area (Å²) in [5.41, 5.74) is 11.1. The minimum absolute atomic E-state index is 0. The Hall–Kier alpha value is 0.374. The molecule has 0 aliphatic rings. The summed E-state index contributed by atoms with van der Waals surface area (Å²) >= 11 is 0. The van der Waals surface area contributed by atoms with Crippen molar-refractivity contribution in [3.8, 4) is 0 Å². The zero-order valence-electron chi connectivity index (χ0n) is 4.60. The van der Waals surface area contributed by atoms with Crippen LogP contribution in [0.2, 0.25) is 0 Å². The third-order valence-electron chi connectivity index (χ3n) is 0.241. The Kier molecular flexibility index (Phi) is 90.9. The quantitative estimate of drug-likeness (QED) is 0.367. The van der Waals surface area contributed by atoms with Gasteiger partial charge in [-0.15, -0.1) is 0 Å². The van der Waals surface area contributed by atoms with Crippen LogP contribution in [0.5, 0.6) is 0 Å². The molecule has 1 radical (unpaired) electrons. The normalized spacial score (nSPS) is 6.56. The largest absolute Gasteiger partial charge is 0.454 e. The smallest absolute Gasteiger partial charge is 0 e. The molecule has 0 rings (SSSR count). The number of aliphatic imine (C=N–C) groups is 1. The van der Waals surface area contributed by atoms with E-state index in [1.54, 1.807) is 0 Å². The molecule has 4 heteroatoms. The topological polar surface area (TPSA) is 62.2 Å². The summed E-state index contributed by atoms with van der Waals surface area (Å²) in [5.74, 6) is -0.120. The summed E-state index contributed by atoms with van der Waals surface area (Å²) in [7, 11) is 1.47. The number of guanidine groups is 1. The molecule has 57 valence electrons. The van der Waals surface area contributed by atoms with Crippen LogP contribution < -0.4 is 5.73 Å². The van der Waals surface area contributed by atoms with Crippen LogP contribution in [0.1, 0.15) is 14.9 Å². The third-order valence-corrected chi connectivity index (χ3v) is 0.241. The maximum absolute atomic E-state index is 6.35. The average molecular weight is 208 g/mol. The second kappa shape index (κ2) is 23.8. The summed E-state index contributed by atoms with van der Waals surface area (Å²) in [6.45, 7) is 0.